The van der Waals surface area contributed by atoms with Gasteiger partial charge >= 0.3 is 0 Å². The van der Waals surface area contributed by atoms with Gasteiger partial charge < -0.3 is 9.47 Å². The fourth-order valence-corrected chi connectivity index (χ4v) is 3.70. The molecule has 2 amide bonds. The molecule has 0 fully saturated rings. The van der Waals surface area contributed by atoms with Gasteiger partial charge in [0, 0.05) is 18.7 Å². The van der Waals surface area contributed by atoms with Crippen molar-refractivity contribution in [3.63, 3.8) is 0 Å². The highest BCUT2D eigenvalue weighted by Crippen LogP contribution is 2.24. The van der Waals surface area contributed by atoms with Gasteiger partial charge in [0.1, 0.15) is 11.5 Å². The second-order valence-electron chi connectivity index (χ2n) is 6.53. The summed E-state index contributed by atoms with van der Waals surface area (Å²) in [6, 6.07) is 11.3. The third-order valence-corrected chi connectivity index (χ3v) is 6.10. The standard InChI is InChI=1S/C20H25N3O6S/c1-14-5-9-17(10-6-14)30(26,27)23(2)13-20(25)22-21-19(24)11-15-7-8-16(28-3)12-18(15)29-4/h5-10,12H,11,13H2,1-4H3,(H,21,24)(H,22,25). The summed E-state index contributed by atoms with van der Waals surface area (Å²) in [5.74, 6) is -0.110. The van der Waals surface area contributed by atoms with Crippen LogP contribution in [0.2, 0.25) is 0 Å². The van der Waals surface area contributed by atoms with Gasteiger partial charge in [0.2, 0.25) is 15.9 Å². The molecule has 0 aliphatic carbocycles. The van der Waals surface area contributed by atoms with Gasteiger partial charge in [0.05, 0.1) is 32.1 Å². The van der Waals surface area contributed by atoms with Crippen LogP contribution in [0, 0.1) is 6.92 Å². The van der Waals surface area contributed by atoms with Crippen molar-refractivity contribution >= 4 is 21.8 Å². The van der Waals surface area contributed by atoms with Crippen molar-refractivity contribution in [3.8, 4) is 11.5 Å². The van der Waals surface area contributed by atoms with Crippen LogP contribution in [-0.4, -0.2) is 52.3 Å². The van der Waals surface area contributed by atoms with Crippen LogP contribution in [0.25, 0.3) is 0 Å². The predicted molar refractivity (Wildman–Crippen MR) is 111 cm³/mol. The average Bonchev–Trinajstić information content (AvgIpc) is 2.72. The van der Waals surface area contributed by atoms with Gasteiger partial charge in [0.15, 0.2) is 0 Å². The van der Waals surface area contributed by atoms with Crippen LogP contribution in [0.1, 0.15) is 11.1 Å². The topological polar surface area (TPSA) is 114 Å². The number of aryl methyl sites for hydroxylation is 1. The molecule has 0 heterocycles. The maximum absolute atomic E-state index is 12.5. The van der Waals surface area contributed by atoms with Crippen molar-refractivity contribution < 1.29 is 27.5 Å². The number of amides is 2. The van der Waals surface area contributed by atoms with Crippen molar-refractivity contribution in [2.75, 3.05) is 27.8 Å². The first-order valence-corrected chi connectivity index (χ1v) is 10.4. The van der Waals surface area contributed by atoms with E-state index in [-0.39, 0.29) is 11.3 Å². The Morgan fingerprint density at radius 1 is 0.967 bits per heavy atom. The summed E-state index contributed by atoms with van der Waals surface area (Å²) in [4.78, 5) is 24.3. The number of nitrogens with zero attached hydrogens (tertiary/aromatic N) is 1. The Labute approximate surface area is 176 Å². The molecule has 0 saturated heterocycles. The number of sulfonamides is 1. The van der Waals surface area contributed by atoms with Crippen molar-refractivity contribution in [1.29, 1.82) is 0 Å². The fourth-order valence-electron chi connectivity index (χ4n) is 2.57. The molecule has 9 nitrogen and oxygen atoms in total. The molecule has 2 aromatic carbocycles. The zero-order valence-corrected chi connectivity index (χ0v) is 18.1. The Kier molecular flexibility index (Phi) is 7.79. The summed E-state index contributed by atoms with van der Waals surface area (Å²) in [5.41, 5.74) is 6.01. The molecule has 0 saturated carbocycles. The smallest absolute Gasteiger partial charge is 0.253 e. The SMILES string of the molecule is COc1ccc(CC(=O)NNC(=O)CN(C)S(=O)(=O)c2ccc(C)cc2)c(OC)c1. The Hall–Kier alpha value is -3.11. The number of benzene rings is 2. The monoisotopic (exact) mass is 435 g/mol. The van der Waals surface area contributed by atoms with E-state index < -0.39 is 28.4 Å². The molecule has 162 valence electrons. The summed E-state index contributed by atoms with van der Waals surface area (Å²) in [6.07, 6.45) is -0.0506. The van der Waals surface area contributed by atoms with Gasteiger partial charge in [-0.15, -0.1) is 0 Å². The second-order valence-corrected chi connectivity index (χ2v) is 8.57. The van der Waals surface area contributed by atoms with Gasteiger partial charge in [-0.1, -0.05) is 23.8 Å². The third-order valence-electron chi connectivity index (χ3n) is 4.28. The van der Waals surface area contributed by atoms with E-state index in [4.69, 9.17) is 9.47 Å². The molecule has 0 bridgehead atoms. The fraction of sp³-hybridized carbons (Fsp3) is 0.300. The average molecular weight is 436 g/mol. The van der Waals surface area contributed by atoms with Gasteiger partial charge in [0.25, 0.3) is 5.91 Å². The molecular formula is C20H25N3O6S. The number of nitrogens with one attached hydrogen (secondary N) is 2. The number of carbonyl (C=O) groups is 2. The first kappa shape index (κ1) is 23.2. The van der Waals surface area contributed by atoms with Crippen molar-refractivity contribution in [2.45, 2.75) is 18.2 Å². The van der Waals surface area contributed by atoms with E-state index in [9.17, 15) is 18.0 Å². The van der Waals surface area contributed by atoms with E-state index >= 15 is 0 Å². The molecule has 0 aliphatic rings. The molecule has 2 aromatic rings. The second kappa shape index (κ2) is 10.1. The van der Waals surface area contributed by atoms with Crippen LogP contribution in [0.3, 0.4) is 0 Å². The van der Waals surface area contributed by atoms with E-state index in [0.717, 1.165) is 9.87 Å². The number of rotatable bonds is 8. The van der Waals surface area contributed by atoms with E-state index in [1.165, 1.54) is 33.4 Å². The van der Waals surface area contributed by atoms with E-state index in [1.54, 1.807) is 30.3 Å². The number of ether oxygens (including phenoxy) is 2. The Morgan fingerprint density at radius 3 is 2.20 bits per heavy atom. The van der Waals surface area contributed by atoms with Crippen LogP contribution in [0.5, 0.6) is 11.5 Å². The zero-order valence-electron chi connectivity index (χ0n) is 17.3. The lowest BCUT2D eigenvalue weighted by Gasteiger charge is -2.17. The number of carbonyl (C=O) groups excluding carboxylic acids is 2. The minimum Gasteiger partial charge on any atom is -0.497 e. The van der Waals surface area contributed by atoms with Crippen molar-refractivity contribution in [2.24, 2.45) is 0 Å². The van der Waals surface area contributed by atoms with Crippen LogP contribution in [-0.2, 0) is 26.0 Å². The van der Waals surface area contributed by atoms with Crippen molar-refractivity contribution in [1.82, 2.24) is 15.2 Å². The molecule has 0 aromatic heterocycles. The molecular weight excluding hydrogens is 410 g/mol. The quantitative estimate of drug-likeness (QED) is 0.599. The lowest BCUT2D eigenvalue weighted by atomic mass is 10.1. The lowest BCUT2D eigenvalue weighted by Crippen LogP contribution is -2.47. The van der Waals surface area contributed by atoms with Crippen LogP contribution in [0.4, 0.5) is 0 Å². The predicted octanol–water partition coefficient (Wildman–Crippen LogP) is 1.02. The highest BCUT2D eigenvalue weighted by atomic mass is 32.2. The lowest BCUT2D eigenvalue weighted by molar-refractivity contribution is -0.128. The van der Waals surface area contributed by atoms with Crippen LogP contribution in [0.15, 0.2) is 47.4 Å². The Morgan fingerprint density at radius 2 is 1.60 bits per heavy atom. The highest BCUT2D eigenvalue weighted by molar-refractivity contribution is 7.89. The molecule has 0 atom stereocenters. The third kappa shape index (κ3) is 5.94. The number of methoxy groups -OCH3 is 2. The minimum absolute atomic E-state index is 0.0506. The number of likely N-dealkylation sites (N-methyl/N-ethyl adjacent to an activating group) is 1. The maximum atomic E-state index is 12.5. The zero-order chi connectivity index (χ0) is 22.3. The number of hydrazine groups is 1. The van der Waals surface area contributed by atoms with Crippen LogP contribution >= 0.6 is 0 Å². The van der Waals surface area contributed by atoms with E-state index in [0.29, 0.717) is 17.1 Å². The van der Waals surface area contributed by atoms with E-state index in [1.807, 2.05) is 6.92 Å². The largest absolute Gasteiger partial charge is 0.497 e. The summed E-state index contributed by atoms with van der Waals surface area (Å²) < 4.78 is 36.3. The number of hydrogen-bond acceptors (Lipinski definition) is 6. The van der Waals surface area contributed by atoms with E-state index in [2.05, 4.69) is 10.9 Å². The Balaban J connectivity index is 1.91. The van der Waals surface area contributed by atoms with Crippen LogP contribution < -0.4 is 20.3 Å². The summed E-state index contributed by atoms with van der Waals surface area (Å²) in [5, 5.41) is 0. The van der Waals surface area contributed by atoms with Crippen molar-refractivity contribution in [3.05, 3.63) is 53.6 Å². The van der Waals surface area contributed by atoms with Gasteiger partial charge in [-0.2, -0.15) is 4.31 Å². The summed E-state index contributed by atoms with van der Waals surface area (Å²) in [7, 11) is 0.463. The molecule has 2 rings (SSSR count). The summed E-state index contributed by atoms with van der Waals surface area (Å²) >= 11 is 0. The molecule has 0 aliphatic heterocycles. The molecule has 0 radical (unpaired) electrons. The molecule has 2 N–H and O–H groups in total. The molecule has 30 heavy (non-hydrogen) atoms. The summed E-state index contributed by atoms with van der Waals surface area (Å²) in [6.45, 7) is 1.39. The van der Waals surface area contributed by atoms with Gasteiger partial charge in [-0.3, -0.25) is 20.4 Å². The molecule has 10 heteroatoms. The maximum Gasteiger partial charge on any atom is 0.253 e. The minimum atomic E-state index is -3.82. The Bertz CT molecular complexity index is 1010. The number of hydrogen-bond donors (Lipinski definition) is 2. The molecule has 0 spiro atoms. The first-order chi connectivity index (χ1) is 14.2. The van der Waals surface area contributed by atoms with Gasteiger partial charge in [-0.05, 0) is 25.1 Å². The van der Waals surface area contributed by atoms with Gasteiger partial charge in [-0.25, -0.2) is 8.42 Å². The first-order valence-electron chi connectivity index (χ1n) is 8.99. The highest BCUT2D eigenvalue weighted by Gasteiger charge is 2.23. The normalized spacial score (nSPS) is 11.1. The molecule has 0 unspecified atom stereocenters.